The number of nitrogens with zero attached hydrogens (tertiary/aromatic N) is 3. The number of benzene rings is 1. The molecule has 3 aromatic rings. The molecule has 12 heteroatoms. The van der Waals surface area contributed by atoms with E-state index in [1.165, 1.54) is 18.7 Å². The Morgan fingerprint density at radius 2 is 1.90 bits per heavy atom. The fourth-order valence-electron chi connectivity index (χ4n) is 6.08. The maximum Gasteiger partial charge on any atom is 0.233 e. The number of sulfonamides is 1. The van der Waals surface area contributed by atoms with Gasteiger partial charge in [-0.05, 0) is 86.7 Å². The molecule has 2 aromatic heterocycles. The Morgan fingerprint density at radius 1 is 1.05 bits per heavy atom. The second-order valence-electron chi connectivity index (χ2n) is 11.2. The van der Waals surface area contributed by atoms with Crippen molar-refractivity contribution in [1.29, 1.82) is 0 Å². The summed E-state index contributed by atoms with van der Waals surface area (Å²) in [4.78, 5) is 13.1. The predicted molar refractivity (Wildman–Crippen MR) is 148 cm³/mol. The summed E-state index contributed by atoms with van der Waals surface area (Å²) in [6.45, 7) is 1.80. The van der Waals surface area contributed by atoms with E-state index in [0.29, 0.717) is 22.6 Å². The van der Waals surface area contributed by atoms with Gasteiger partial charge in [-0.2, -0.15) is 4.39 Å². The fraction of sp³-hybridized carbons (Fsp3) is 0.464. The number of pyridine rings is 1. The van der Waals surface area contributed by atoms with Crippen LogP contribution in [0.1, 0.15) is 44.9 Å². The second-order valence-corrected chi connectivity index (χ2v) is 12.9. The number of piperidine rings is 1. The molecule has 1 aromatic carbocycles. The number of nitrogens with one attached hydrogen (secondary N) is 3. The molecule has 0 bridgehead atoms. The van der Waals surface area contributed by atoms with E-state index < -0.39 is 33.1 Å². The Hall–Kier alpha value is -3.38. The van der Waals surface area contributed by atoms with Gasteiger partial charge in [-0.15, -0.1) is 0 Å². The van der Waals surface area contributed by atoms with Gasteiger partial charge in [0, 0.05) is 25.0 Å². The summed E-state index contributed by atoms with van der Waals surface area (Å²) >= 11 is 0. The first kappa shape index (κ1) is 26.8. The van der Waals surface area contributed by atoms with Gasteiger partial charge >= 0.3 is 0 Å². The van der Waals surface area contributed by atoms with Crippen molar-refractivity contribution in [1.82, 2.24) is 20.3 Å². The van der Waals surface area contributed by atoms with Crippen molar-refractivity contribution >= 4 is 21.7 Å². The van der Waals surface area contributed by atoms with Crippen molar-refractivity contribution < 1.29 is 21.9 Å². The summed E-state index contributed by atoms with van der Waals surface area (Å²) in [6, 6.07) is 7.62. The van der Waals surface area contributed by atoms with Crippen molar-refractivity contribution in [2.24, 2.45) is 11.3 Å². The van der Waals surface area contributed by atoms with Gasteiger partial charge in [-0.25, -0.2) is 27.8 Å². The molecule has 40 heavy (non-hydrogen) atoms. The summed E-state index contributed by atoms with van der Waals surface area (Å²) in [6.07, 6.45) is 10.4. The molecule has 3 heterocycles. The standard InChI is InChI=1S/C28H32F2N6O3S/c29-24-22(36-40(37,38)17-18-14-28(15-18)9-3-10-28)6-7-23(25(24)30)39-26-20(5-2-12-32-26)21-8-13-33-27(35-21)34-19-4-1-11-31-16-19/h2,5-8,12-13,18-19,31,36H,1,3-4,9-11,14-17H2,(H,33,34,35)/t19-/m0/s1. The molecule has 3 fully saturated rings. The zero-order valence-electron chi connectivity index (χ0n) is 22.0. The lowest BCUT2D eigenvalue weighted by Crippen LogP contribution is -2.45. The zero-order chi connectivity index (χ0) is 27.7. The number of rotatable bonds is 9. The molecule has 9 nitrogen and oxygen atoms in total. The lowest BCUT2D eigenvalue weighted by molar-refractivity contribution is -0.0146. The minimum Gasteiger partial charge on any atom is -0.435 e. The molecule has 0 unspecified atom stereocenters. The highest BCUT2D eigenvalue weighted by Gasteiger charge is 2.49. The zero-order valence-corrected chi connectivity index (χ0v) is 22.8. The molecular formula is C28H32F2N6O3S. The van der Waals surface area contributed by atoms with Crippen LogP contribution in [0.15, 0.2) is 42.7 Å². The molecule has 0 radical (unpaired) electrons. The summed E-state index contributed by atoms with van der Waals surface area (Å²) in [5.74, 6) is -2.66. The van der Waals surface area contributed by atoms with Crippen LogP contribution in [0, 0.1) is 23.0 Å². The number of halogens is 2. The van der Waals surface area contributed by atoms with Crippen LogP contribution >= 0.6 is 0 Å². The Labute approximate surface area is 232 Å². The number of hydrogen-bond donors (Lipinski definition) is 3. The van der Waals surface area contributed by atoms with Gasteiger partial charge in [0.2, 0.25) is 27.7 Å². The van der Waals surface area contributed by atoms with Crippen LogP contribution in [0.3, 0.4) is 0 Å². The predicted octanol–water partition coefficient (Wildman–Crippen LogP) is 5.10. The van der Waals surface area contributed by atoms with E-state index in [0.717, 1.165) is 57.7 Å². The molecule has 1 aliphatic heterocycles. The Kier molecular flexibility index (Phi) is 7.30. The maximum absolute atomic E-state index is 15.1. The summed E-state index contributed by atoms with van der Waals surface area (Å²) in [5, 5.41) is 6.65. The van der Waals surface area contributed by atoms with Crippen LogP contribution in [0.5, 0.6) is 11.6 Å². The third-order valence-corrected chi connectivity index (χ3v) is 9.61. The van der Waals surface area contributed by atoms with E-state index in [9.17, 15) is 12.8 Å². The van der Waals surface area contributed by atoms with Gasteiger partial charge in [-0.1, -0.05) is 6.42 Å². The topological polar surface area (TPSA) is 118 Å². The highest BCUT2D eigenvalue weighted by atomic mass is 32.2. The van der Waals surface area contributed by atoms with Crippen LogP contribution in [0.2, 0.25) is 0 Å². The largest absolute Gasteiger partial charge is 0.435 e. The first-order valence-electron chi connectivity index (χ1n) is 13.7. The van der Waals surface area contributed by atoms with Crippen molar-refractivity contribution in [2.45, 2.75) is 51.0 Å². The van der Waals surface area contributed by atoms with Crippen molar-refractivity contribution in [3.8, 4) is 22.9 Å². The van der Waals surface area contributed by atoms with Gasteiger partial charge < -0.3 is 15.4 Å². The molecule has 3 N–H and O–H groups in total. The van der Waals surface area contributed by atoms with Crippen molar-refractivity contribution in [2.75, 3.05) is 28.9 Å². The molecule has 2 aliphatic carbocycles. The second kappa shape index (κ2) is 10.9. The molecule has 1 spiro atoms. The lowest BCUT2D eigenvalue weighted by Gasteiger charge is -2.54. The quantitative estimate of drug-likeness (QED) is 0.326. The highest BCUT2D eigenvalue weighted by Crippen LogP contribution is 2.58. The molecule has 2 saturated carbocycles. The smallest absolute Gasteiger partial charge is 0.233 e. The number of hydrogen-bond acceptors (Lipinski definition) is 8. The molecular weight excluding hydrogens is 538 g/mol. The molecule has 1 atom stereocenters. The third-order valence-electron chi connectivity index (χ3n) is 8.16. The first-order chi connectivity index (χ1) is 19.3. The monoisotopic (exact) mass is 570 g/mol. The summed E-state index contributed by atoms with van der Waals surface area (Å²) < 4.78 is 63.3. The first-order valence-corrected chi connectivity index (χ1v) is 15.4. The molecule has 1 saturated heterocycles. The van der Waals surface area contributed by atoms with Gasteiger partial charge in [-0.3, -0.25) is 4.72 Å². The van der Waals surface area contributed by atoms with Gasteiger partial charge in [0.25, 0.3) is 0 Å². The van der Waals surface area contributed by atoms with E-state index in [2.05, 4.69) is 30.3 Å². The Bertz CT molecular complexity index is 1490. The van der Waals surface area contributed by atoms with Crippen LogP contribution < -0.4 is 20.1 Å². The maximum atomic E-state index is 15.1. The van der Waals surface area contributed by atoms with Crippen molar-refractivity contribution in [3.05, 3.63) is 54.4 Å². The third kappa shape index (κ3) is 5.73. The van der Waals surface area contributed by atoms with E-state index in [4.69, 9.17) is 4.74 Å². The molecule has 3 aliphatic rings. The van der Waals surface area contributed by atoms with Crippen LogP contribution in [-0.2, 0) is 10.0 Å². The minimum absolute atomic E-state index is 0.0213. The van der Waals surface area contributed by atoms with Crippen LogP contribution in [0.4, 0.5) is 20.4 Å². The van der Waals surface area contributed by atoms with E-state index in [1.54, 1.807) is 24.4 Å². The average molecular weight is 571 g/mol. The van der Waals surface area contributed by atoms with E-state index >= 15 is 4.39 Å². The minimum atomic E-state index is -3.83. The molecule has 6 rings (SSSR count). The number of anilines is 2. The highest BCUT2D eigenvalue weighted by molar-refractivity contribution is 7.92. The summed E-state index contributed by atoms with van der Waals surface area (Å²) in [5.41, 5.74) is 0.836. The fourth-order valence-corrected chi connectivity index (χ4v) is 7.52. The van der Waals surface area contributed by atoms with Gasteiger partial charge in [0.15, 0.2) is 11.6 Å². The lowest BCUT2D eigenvalue weighted by atomic mass is 9.52. The Morgan fingerprint density at radius 3 is 2.65 bits per heavy atom. The normalized spacial score (nSPS) is 20.4. The van der Waals surface area contributed by atoms with Crippen LogP contribution in [0.25, 0.3) is 11.3 Å². The van der Waals surface area contributed by atoms with Gasteiger partial charge in [0.05, 0.1) is 22.7 Å². The van der Waals surface area contributed by atoms with E-state index in [1.807, 2.05) is 0 Å². The molecule has 212 valence electrons. The molecule has 0 amide bonds. The number of aromatic nitrogens is 3. The SMILES string of the molecule is O=S(=O)(CC1CC2(CCC2)C1)Nc1ccc(Oc2ncccc2-c2ccnc(N[C@H]3CCCNC3)n2)c(F)c1F. The van der Waals surface area contributed by atoms with Crippen LogP contribution in [-0.4, -0.2) is 48.3 Å². The van der Waals surface area contributed by atoms with Gasteiger partial charge in [0.1, 0.15) is 0 Å². The van der Waals surface area contributed by atoms with E-state index in [-0.39, 0.29) is 23.6 Å². The number of ether oxygens (including phenoxy) is 1. The Balaban J connectivity index is 1.16. The van der Waals surface area contributed by atoms with Crippen molar-refractivity contribution in [3.63, 3.8) is 0 Å². The average Bonchev–Trinajstić information content (AvgIpc) is 2.90. The summed E-state index contributed by atoms with van der Waals surface area (Å²) in [7, 11) is -3.83.